The highest BCUT2D eigenvalue weighted by molar-refractivity contribution is 6.36. The molecule has 26 heavy (non-hydrogen) atoms. The highest BCUT2D eigenvalue weighted by Crippen LogP contribution is 2.32. The molecule has 4 nitrogen and oxygen atoms in total. The SMILES string of the molecule is CCCCCCNc1c(CC)nc2c(-c3ccc(Cl)cc3Cl)nccn12. The standard InChI is InChI=1S/C20H24Cl2N4/c1-3-5-6-7-10-24-19-17(4-2)25-20-18(23-11-12-26(19)20)15-9-8-14(21)13-16(15)22/h8-9,11-13,24H,3-7,10H2,1-2H3. The topological polar surface area (TPSA) is 42.2 Å². The highest BCUT2D eigenvalue weighted by Gasteiger charge is 2.16. The van der Waals surface area contributed by atoms with Gasteiger partial charge in [-0.2, -0.15) is 0 Å². The van der Waals surface area contributed by atoms with Crippen LogP contribution in [-0.2, 0) is 6.42 Å². The molecule has 0 aliphatic rings. The summed E-state index contributed by atoms with van der Waals surface area (Å²) in [4.78, 5) is 9.37. The molecule has 6 heteroatoms. The first-order valence-electron chi connectivity index (χ1n) is 9.21. The first-order chi connectivity index (χ1) is 12.7. The largest absolute Gasteiger partial charge is 0.370 e. The molecule has 0 aliphatic heterocycles. The van der Waals surface area contributed by atoms with Gasteiger partial charge in [0, 0.05) is 29.5 Å². The van der Waals surface area contributed by atoms with Gasteiger partial charge in [0.1, 0.15) is 11.5 Å². The van der Waals surface area contributed by atoms with E-state index in [2.05, 4.69) is 28.5 Å². The van der Waals surface area contributed by atoms with Crippen LogP contribution < -0.4 is 5.32 Å². The van der Waals surface area contributed by atoms with E-state index in [1.165, 1.54) is 19.3 Å². The van der Waals surface area contributed by atoms with Gasteiger partial charge in [0.15, 0.2) is 5.65 Å². The summed E-state index contributed by atoms with van der Waals surface area (Å²) in [5, 5.41) is 4.75. The predicted molar refractivity (Wildman–Crippen MR) is 110 cm³/mol. The summed E-state index contributed by atoms with van der Waals surface area (Å²) in [6.07, 6.45) is 9.51. The quantitative estimate of drug-likeness (QED) is 0.461. The smallest absolute Gasteiger partial charge is 0.165 e. The summed E-state index contributed by atoms with van der Waals surface area (Å²) in [6.45, 7) is 5.29. The van der Waals surface area contributed by atoms with Crippen LogP contribution in [-0.4, -0.2) is 20.9 Å². The van der Waals surface area contributed by atoms with E-state index in [1.807, 2.05) is 18.3 Å². The Balaban J connectivity index is 1.97. The third kappa shape index (κ3) is 3.97. The van der Waals surface area contributed by atoms with E-state index >= 15 is 0 Å². The Morgan fingerprint density at radius 3 is 2.69 bits per heavy atom. The van der Waals surface area contributed by atoms with Gasteiger partial charge < -0.3 is 5.32 Å². The van der Waals surface area contributed by atoms with Gasteiger partial charge in [-0.15, -0.1) is 0 Å². The molecule has 0 saturated carbocycles. The van der Waals surface area contributed by atoms with Crippen molar-refractivity contribution in [3.8, 4) is 11.3 Å². The Labute approximate surface area is 164 Å². The molecular weight excluding hydrogens is 367 g/mol. The van der Waals surface area contributed by atoms with Gasteiger partial charge in [-0.3, -0.25) is 9.38 Å². The minimum atomic E-state index is 0.577. The maximum Gasteiger partial charge on any atom is 0.165 e. The third-order valence-electron chi connectivity index (χ3n) is 4.46. The molecule has 0 aliphatic carbocycles. The lowest BCUT2D eigenvalue weighted by atomic mass is 10.1. The molecule has 3 aromatic rings. The lowest BCUT2D eigenvalue weighted by molar-refractivity contribution is 0.683. The summed E-state index contributed by atoms with van der Waals surface area (Å²) >= 11 is 12.4. The molecule has 0 radical (unpaired) electrons. The summed E-state index contributed by atoms with van der Waals surface area (Å²) in [7, 11) is 0. The zero-order valence-corrected chi connectivity index (χ0v) is 16.7. The number of imidazole rings is 1. The average molecular weight is 391 g/mol. The molecule has 0 atom stereocenters. The van der Waals surface area contributed by atoms with Crippen LogP contribution in [0.25, 0.3) is 16.9 Å². The number of nitrogens with zero attached hydrogens (tertiary/aromatic N) is 3. The summed E-state index contributed by atoms with van der Waals surface area (Å²) in [5.41, 5.74) is 3.45. The van der Waals surface area contributed by atoms with Crippen molar-refractivity contribution >= 4 is 34.7 Å². The Morgan fingerprint density at radius 1 is 1.12 bits per heavy atom. The van der Waals surface area contributed by atoms with E-state index in [0.717, 1.165) is 47.8 Å². The second kappa shape index (κ2) is 8.74. The van der Waals surface area contributed by atoms with E-state index in [9.17, 15) is 0 Å². The van der Waals surface area contributed by atoms with E-state index in [1.54, 1.807) is 12.3 Å². The highest BCUT2D eigenvalue weighted by atomic mass is 35.5. The van der Waals surface area contributed by atoms with Crippen molar-refractivity contribution in [3.63, 3.8) is 0 Å². The monoisotopic (exact) mass is 390 g/mol. The van der Waals surface area contributed by atoms with Crippen molar-refractivity contribution in [3.05, 3.63) is 46.3 Å². The number of hydrogen-bond donors (Lipinski definition) is 1. The Hall–Kier alpha value is -1.78. The fourth-order valence-corrected chi connectivity index (χ4v) is 3.59. The lowest BCUT2D eigenvalue weighted by Crippen LogP contribution is -2.06. The fraction of sp³-hybridized carbons (Fsp3) is 0.400. The van der Waals surface area contributed by atoms with Gasteiger partial charge in [0.25, 0.3) is 0 Å². The second-order valence-corrected chi connectivity index (χ2v) is 7.19. The molecule has 0 saturated heterocycles. The Morgan fingerprint density at radius 2 is 1.96 bits per heavy atom. The van der Waals surface area contributed by atoms with Crippen LogP contribution in [0.15, 0.2) is 30.6 Å². The molecule has 0 bridgehead atoms. The van der Waals surface area contributed by atoms with Crippen LogP contribution >= 0.6 is 23.2 Å². The minimum absolute atomic E-state index is 0.577. The van der Waals surface area contributed by atoms with E-state index in [-0.39, 0.29) is 0 Å². The van der Waals surface area contributed by atoms with E-state index < -0.39 is 0 Å². The second-order valence-electron chi connectivity index (χ2n) is 6.34. The van der Waals surface area contributed by atoms with Crippen molar-refractivity contribution < 1.29 is 0 Å². The van der Waals surface area contributed by atoms with Crippen molar-refractivity contribution in [2.45, 2.75) is 46.0 Å². The molecular formula is C20H24Cl2N4. The fourth-order valence-electron chi connectivity index (χ4n) is 3.09. The van der Waals surface area contributed by atoms with Gasteiger partial charge in [0.2, 0.25) is 0 Å². The number of aromatic nitrogens is 3. The van der Waals surface area contributed by atoms with Crippen LogP contribution in [0, 0.1) is 0 Å². The van der Waals surface area contributed by atoms with Gasteiger partial charge in [-0.25, -0.2) is 4.98 Å². The molecule has 2 aromatic heterocycles. The van der Waals surface area contributed by atoms with Crippen molar-refractivity contribution in [1.29, 1.82) is 0 Å². The van der Waals surface area contributed by atoms with Crippen LogP contribution in [0.2, 0.25) is 10.0 Å². The third-order valence-corrected chi connectivity index (χ3v) is 5.01. The molecule has 1 aromatic carbocycles. The first-order valence-corrected chi connectivity index (χ1v) is 9.96. The molecule has 0 amide bonds. The number of fused-ring (bicyclic) bond motifs is 1. The van der Waals surface area contributed by atoms with Crippen molar-refractivity contribution in [2.75, 3.05) is 11.9 Å². The number of hydrogen-bond acceptors (Lipinski definition) is 3. The number of benzene rings is 1. The predicted octanol–water partition coefficient (Wildman–Crippen LogP) is 6.26. The zero-order valence-electron chi connectivity index (χ0n) is 15.2. The number of aryl methyl sites for hydroxylation is 1. The molecule has 1 N–H and O–H groups in total. The minimum Gasteiger partial charge on any atom is -0.370 e. The number of halogens is 2. The molecule has 138 valence electrons. The van der Waals surface area contributed by atoms with Crippen LogP contribution in [0.4, 0.5) is 5.82 Å². The van der Waals surface area contributed by atoms with Gasteiger partial charge >= 0.3 is 0 Å². The summed E-state index contributed by atoms with van der Waals surface area (Å²) in [5.74, 6) is 1.05. The molecule has 2 heterocycles. The number of anilines is 1. The number of unbranched alkanes of at least 4 members (excludes halogenated alkanes) is 3. The normalized spacial score (nSPS) is 11.2. The van der Waals surface area contributed by atoms with Crippen LogP contribution in [0.3, 0.4) is 0 Å². The van der Waals surface area contributed by atoms with Crippen LogP contribution in [0.5, 0.6) is 0 Å². The Kier molecular flexibility index (Phi) is 6.38. The zero-order chi connectivity index (χ0) is 18.5. The molecule has 3 rings (SSSR count). The summed E-state index contributed by atoms with van der Waals surface area (Å²) < 4.78 is 2.08. The van der Waals surface area contributed by atoms with Gasteiger partial charge in [-0.1, -0.05) is 56.3 Å². The van der Waals surface area contributed by atoms with Gasteiger partial charge in [-0.05, 0) is 31.0 Å². The van der Waals surface area contributed by atoms with Gasteiger partial charge in [0.05, 0.1) is 10.7 Å². The lowest BCUT2D eigenvalue weighted by Gasteiger charge is -2.09. The molecule has 0 unspecified atom stereocenters. The average Bonchev–Trinajstić information content (AvgIpc) is 3.00. The van der Waals surface area contributed by atoms with E-state index in [0.29, 0.717) is 10.0 Å². The number of nitrogens with one attached hydrogen (secondary N) is 1. The number of rotatable bonds is 8. The summed E-state index contributed by atoms with van der Waals surface area (Å²) in [6, 6.07) is 5.45. The Bertz CT molecular complexity index is 889. The van der Waals surface area contributed by atoms with Crippen molar-refractivity contribution in [1.82, 2.24) is 14.4 Å². The maximum absolute atomic E-state index is 6.40. The molecule has 0 spiro atoms. The maximum atomic E-state index is 6.40. The van der Waals surface area contributed by atoms with E-state index in [4.69, 9.17) is 28.2 Å². The first kappa shape index (κ1) is 19.0. The van der Waals surface area contributed by atoms with Crippen LogP contribution in [0.1, 0.15) is 45.2 Å². The molecule has 0 fully saturated rings. The van der Waals surface area contributed by atoms with Crippen molar-refractivity contribution in [2.24, 2.45) is 0 Å².